The summed E-state index contributed by atoms with van der Waals surface area (Å²) in [6.07, 6.45) is -4.45. The lowest BCUT2D eigenvalue weighted by Crippen LogP contribution is -2.25. The Morgan fingerprint density at radius 1 is 1.30 bits per heavy atom. The van der Waals surface area contributed by atoms with Crippen molar-refractivity contribution in [1.29, 1.82) is 0 Å². The SMILES string of the molecule is C/C(=N\NC(=S)Nc1cc(C(F)(F)F)ccc1Cl)c1cccs1. The molecule has 2 N–H and O–H groups in total. The van der Waals surface area contributed by atoms with Crippen molar-refractivity contribution < 1.29 is 13.2 Å². The fourth-order valence-electron chi connectivity index (χ4n) is 1.62. The fraction of sp³-hybridized carbons (Fsp3) is 0.143. The molecule has 0 amide bonds. The molecule has 0 atom stereocenters. The molecule has 0 bridgehead atoms. The van der Waals surface area contributed by atoms with Gasteiger partial charge in [0.2, 0.25) is 0 Å². The van der Waals surface area contributed by atoms with E-state index in [1.807, 2.05) is 17.5 Å². The molecule has 3 nitrogen and oxygen atoms in total. The average molecular weight is 378 g/mol. The van der Waals surface area contributed by atoms with Crippen LogP contribution < -0.4 is 10.7 Å². The molecular weight excluding hydrogens is 367 g/mol. The van der Waals surface area contributed by atoms with Crippen molar-refractivity contribution in [2.24, 2.45) is 5.10 Å². The minimum Gasteiger partial charge on any atom is -0.330 e. The summed E-state index contributed by atoms with van der Waals surface area (Å²) in [5, 5.41) is 8.76. The van der Waals surface area contributed by atoms with E-state index in [0.29, 0.717) is 5.71 Å². The number of nitrogens with one attached hydrogen (secondary N) is 2. The lowest BCUT2D eigenvalue weighted by Gasteiger charge is -2.12. The number of hydrazone groups is 1. The summed E-state index contributed by atoms with van der Waals surface area (Å²) in [7, 11) is 0. The van der Waals surface area contributed by atoms with E-state index in [2.05, 4.69) is 15.8 Å². The molecule has 0 aliphatic heterocycles. The summed E-state index contributed by atoms with van der Waals surface area (Å²) in [5.41, 5.74) is 2.53. The third kappa shape index (κ3) is 4.92. The van der Waals surface area contributed by atoms with E-state index in [9.17, 15) is 13.2 Å². The number of halogens is 4. The lowest BCUT2D eigenvalue weighted by molar-refractivity contribution is -0.137. The highest BCUT2D eigenvalue weighted by Crippen LogP contribution is 2.33. The first kappa shape index (κ1) is 17.7. The molecule has 0 aliphatic rings. The molecule has 0 fully saturated rings. The Morgan fingerprint density at radius 3 is 2.65 bits per heavy atom. The zero-order chi connectivity index (χ0) is 17.0. The molecular formula is C14H11ClF3N3S2. The van der Waals surface area contributed by atoms with Crippen LogP contribution in [0.2, 0.25) is 5.02 Å². The minimum absolute atomic E-state index is 0.0436. The van der Waals surface area contributed by atoms with Gasteiger partial charge < -0.3 is 5.32 Å². The second kappa shape index (κ2) is 7.29. The molecule has 2 rings (SSSR count). The Labute approximate surface area is 145 Å². The van der Waals surface area contributed by atoms with Crippen LogP contribution in [0.4, 0.5) is 18.9 Å². The molecule has 0 saturated heterocycles. The van der Waals surface area contributed by atoms with Gasteiger partial charge in [-0.25, -0.2) is 0 Å². The van der Waals surface area contributed by atoms with Crippen LogP contribution in [0.15, 0.2) is 40.8 Å². The molecule has 9 heteroatoms. The maximum atomic E-state index is 12.7. The van der Waals surface area contributed by atoms with Crippen LogP contribution in [-0.2, 0) is 6.18 Å². The standard InChI is InChI=1S/C14H11ClF3N3S2/c1-8(12-3-2-6-23-12)20-21-13(22)19-11-7-9(14(16,17)18)4-5-10(11)15/h2-7H,1H3,(H2,19,21,22)/b20-8+. The smallest absolute Gasteiger partial charge is 0.330 e. The normalized spacial score (nSPS) is 12.1. The first-order valence-electron chi connectivity index (χ1n) is 6.29. The van der Waals surface area contributed by atoms with Gasteiger partial charge in [0.05, 0.1) is 22.0 Å². The van der Waals surface area contributed by atoms with Crippen molar-refractivity contribution in [3.8, 4) is 0 Å². The molecule has 0 unspecified atom stereocenters. The lowest BCUT2D eigenvalue weighted by atomic mass is 10.2. The second-order valence-electron chi connectivity index (χ2n) is 4.43. The van der Waals surface area contributed by atoms with Gasteiger partial charge in [0, 0.05) is 4.88 Å². The number of thiocarbonyl (C=S) groups is 1. The zero-order valence-electron chi connectivity index (χ0n) is 11.7. The van der Waals surface area contributed by atoms with Crippen molar-refractivity contribution in [1.82, 2.24) is 5.43 Å². The van der Waals surface area contributed by atoms with E-state index in [0.717, 1.165) is 23.1 Å². The van der Waals surface area contributed by atoms with Crippen LogP contribution >= 0.6 is 35.2 Å². The summed E-state index contributed by atoms with van der Waals surface area (Å²) < 4.78 is 38.1. The van der Waals surface area contributed by atoms with Crippen LogP contribution in [0.25, 0.3) is 0 Å². The molecule has 23 heavy (non-hydrogen) atoms. The molecule has 2 aromatic rings. The summed E-state index contributed by atoms with van der Waals surface area (Å²) in [6.45, 7) is 1.79. The van der Waals surface area contributed by atoms with Crippen molar-refractivity contribution in [2.75, 3.05) is 5.32 Å². The van der Waals surface area contributed by atoms with E-state index < -0.39 is 11.7 Å². The first-order chi connectivity index (χ1) is 10.8. The van der Waals surface area contributed by atoms with E-state index >= 15 is 0 Å². The third-order valence-corrected chi connectivity index (χ3v) is 4.25. The minimum atomic E-state index is -4.45. The number of nitrogens with zero attached hydrogens (tertiary/aromatic N) is 1. The van der Waals surface area contributed by atoms with Gasteiger partial charge in [-0.2, -0.15) is 18.3 Å². The maximum absolute atomic E-state index is 12.7. The molecule has 1 heterocycles. The third-order valence-electron chi connectivity index (χ3n) is 2.74. The van der Waals surface area contributed by atoms with Gasteiger partial charge in [-0.15, -0.1) is 11.3 Å². The quantitative estimate of drug-likeness (QED) is 0.442. The van der Waals surface area contributed by atoms with Gasteiger partial charge >= 0.3 is 6.18 Å². The Morgan fingerprint density at radius 2 is 2.04 bits per heavy atom. The van der Waals surface area contributed by atoms with Gasteiger partial charge in [0.1, 0.15) is 0 Å². The van der Waals surface area contributed by atoms with E-state index in [-0.39, 0.29) is 15.8 Å². The number of anilines is 1. The summed E-state index contributed by atoms with van der Waals surface area (Å²) in [5.74, 6) is 0. The Hall–Kier alpha value is -1.64. The topological polar surface area (TPSA) is 36.4 Å². The Bertz CT molecular complexity index is 727. The second-order valence-corrected chi connectivity index (χ2v) is 6.20. The number of alkyl halides is 3. The molecule has 1 aromatic carbocycles. The monoisotopic (exact) mass is 377 g/mol. The fourth-order valence-corrected chi connectivity index (χ4v) is 2.62. The highest BCUT2D eigenvalue weighted by molar-refractivity contribution is 7.80. The molecule has 0 aliphatic carbocycles. The number of hydrogen-bond donors (Lipinski definition) is 2. The highest BCUT2D eigenvalue weighted by atomic mass is 35.5. The molecule has 122 valence electrons. The number of hydrogen-bond acceptors (Lipinski definition) is 3. The average Bonchev–Trinajstić information content (AvgIpc) is 3.00. The Balaban J connectivity index is 2.07. The number of thiophene rings is 1. The van der Waals surface area contributed by atoms with E-state index in [4.69, 9.17) is 23.8 Å². The number of rotatable bonds is 3. The summed E-state index contributed by atoms with van der Waals surface area (Å²) in [6, 6.07) is 6.74. The largest absolute Gasteiger partial charge is 0.416 e. The van der Waals surface area contributed by atoms with Gasteiger partial charge in [0.25, 0.3) is 0 Å². The summed E-state index contributed by atoms with van der Waals surface area (Å²) in [4.78, 5) is 0.956. The predicted molar refractivity (Wildman–Crippen MR) is 92.3 cm³/mol. The van der Waals surface area contributed by atoms with Crippen LogP contribution in [0, 0.1) is 0 Å². The van der Waals surface area contributed by atoms with E-state index in [1.54, 1.807) is 6.92 Å². The van der Waals surface area contributed by atoms with E-state index in [1.165, 1.54) is 11.3 Å². The van der Waals surface area contributed by atoms with Crippen molar-refractivity contribution >= 4 is 51.7 Å². The van der Waals surface area contributed by atoms with Crippen LogP contribution in [0.1, 0.15) is 17.4 Å². The maximum Gasteiger partial charge on any atom is 0.416 e. The van der Waals surface area contributed by atoms with Gasteiger partial charge in [-0.3, -0.25) is 5.43 Å². The Kier molecular flexibility index (Phi) is 5.61. The van der Waals surface area contributed by atoms with Crippen LogP contribution in [0.5, 0.6) is 0 Å². The highest BCUT2D eigenvalue weighted by Gasteiger charge is 2.31. The van der Waals surface area contributed by atoms with Crippen molar-refractivity contribution in [3.63, 3.8) is 0 Å². The van der Waals surface area contributed by atoms with Crippen molar-refractivity contribution in [3.05, 3.63) is 51.2 Å². The van der Waals surface area contributed by atoms with Gasteiger partial charge in [-0.05, 0) is 48.8 Å². The van der Waals surface area contributed by atoms with Gasteiger partial charge in [-0.1, -0.05) is 17.7 Å². The number of benzene rings is 1. The van der Waals surface area contributed by atoms with Crippen LogP contribution in [0.3, 0.4) is 0 Å². The predicted octanol–water partition coefficient (Wildman–Crippen LogP) is 5.13. The first-order valence-corrected chi connectivity index (χ1v) is 7.96. The molecule has 0 saturated carbocycles. The molecule has 0 spiro atoms. The van der Waals surface area contributed by atoms with Gasteiger partial charge in [0.15, 0.2) is 5.11 Å². The zero-order valence-corrected chi connectivity index (χ0v) is 14.1. The molecule has 1 aromatic heterocycles. The van der Waals surface area contributed by atoms with Crippen LogP contribution in [-0.4, -0.2) is 10.8 Å². The van der Waals surface area contributed by atoms with Crippen molar-refractivity contribution in [2.45, 2.75) is 13.1 Å². The molecule has 0 radical (unpaired) electrons. The summed E-state index contributed by atoms with van der Waals surface area (Å²) >= 11 is 12.4.